The Hall–Kier alpha value is -2.34. The van der Waals surface area contributed by atoms with Gasteiger partial charge in [0.2, 0.25) is 0 Å². The van der Waals surface area contributed by atoms with Crippen molar-refractivity contribution < 1.29 is 22.5 Å². The van der Waals surface area contributed by atoms with Crippen LogP contribution in [0.3, 0.4) is 0 Å². The number of carbonyl (C=O) groups is 1. The summed E-state index contributed by atoms with van der Waals surface area (Å²) in [4.78, 5) is 11.1. The summed E-state index contributed by atoms with van der Waals surface area (Å²) in [6, 6.07) is 12.0. The number of para-hydroxylation sites is 1. The Morgan fingerprint density at radius 2 is 1.86 bits per heavy atom. The van der Waals surface area contributed by atoms with E-state index >= 15 is 0 Å². The fraction of sp³-hybridized carbons (Fsp3) is 0.133. The maximum Gasteiger partial charge on any atom is 0.339 e. The zero-order valence-electron chi connectivity index (χ0n) is 11.3. The lowest BCUT2D eigenvalue weighted by molar-refractivity contribution is 0.0695. The largest absolute Gasteiger partial charge is 0.478 e. The van der Waals surface area contributed by atoms with E-state index in [1.165, 1.54) is 36.4 Å². The smallest absolute Gasteiger partial charge is 0.339 e. The first-order valence-corrected chi connectivity index (χ1v) is 7.70. The molecule has 0 fully saturated rings. The second-order valence-corrected chi connectivity index (χ2v) is 5.89. The van der Waals surface area contributed by atoms with Crippen molar-refractivity contribution in [2.24, 2.45) is 0 Å². The normalized spacial score (nSPS) is 11.1. The number of aromatic carboxylic acids is 1. The summed E-state index contributed by atoms with van der Waals surface area (Å²) in [6.45, 7) is 1.91. The van der Waals surface area contributed by atoms with Crippen LogP contribution >= 0.6 is 0 Å². The molecule has 0 radical (unpaired) electrons. The number of rotatable bonds is 5. The van der Waals surface area contributed by atoms with Crippen molar-refractivity contribution in [2.45, 2.75) is 18.2 Å². The van der Waals surface area contributed by atoms with Gasteiger partial charge in [-0.05, 0) is 36.2 Å². The molecular weight excluding hydrogens is 292 g/mol. The van der Waals surface area contributed by atoms with Crippen molar-refractivity contribution in [3.05, 3.63) is 59.7 Å². The number of carboxylic acid groups (broad SMARTS) is 1. The molecule has 21 heavy (non-hydrogen) atoms. The molecule has 2 rings (SSSR count). The van der Waals surface area contributed by atoms with Crippen molar-refractivity contribution in [1.29, 1.82) is 0 Å². The highest BCUT2D eigenvalue weighted by Gasteiger charge is 2.20. The van der Waals surface area contributed by atoms with E-state index in [4.69, 9.17) is 9.29 Å². The second kappa shape index (κ2) is 5.97. The first-order valence-electron chi connectivity index (χ1n) is 6.30. The molecule has 0 heterocycles. The van der Waals surface area contributed by atoms with E-state index in [2.05, 4.69) is 0 Å². The summed E-state index contributed by atoms with van der Waals surface area (Å²) in [7, 11) is -4.07. The van der Waals surface area contributed by atoms with Gasteiger partial charge >= 0.3 is 16.1 Å². The molecule has 0 spiro atoms. The first-order chi connectivity index (χ1) is 9.94. The van der Waals surface area contributed by atoms with Crippen LogP contribution in [0.5, 0.6) is 5.75 Å². The fourth-order valence-corrected chi connectivity index (χ4v) is 2.82. The molecule has 5 nitrogen and oxygen atoms in total. The van der Waals surface area contributed by atoms with Crippen LogP contribution in [0, 0.1) is 0 Å². The summed E-state index contributed by atoms with van der Waals surface area (Å²) in [5, 5.41) is 9.04. The quantitative estimate of drug-likeness (QED) is 0.859. The molecule has 0 aliphatic rings. The van der Waals surface area contributed by atoms with Crippen LogP contribution in [0.15, 0.2) is 53.4 Å². The van der Waals surface area contributed by atoms with E-state index < -0.39 is 16.1 Å². The minimum atomic E-state index is -4.07. The van der Waals surface area contributed by atoms with E-state index in [1.807, 2.05) is 13.0 Å². The number of hydrogen-bond acceptors (Lipinski definition) is 4. The molecule has 0 aliphatic carbocycles. The summed E-state index contributed by atoms with van der Waals surface area (Å²) in [5.74, 6) is -1.45. The van der Waals surface area contributed by atoms with Crippen LogP contribution in [-0.4, -0.2) is 19.5 Å². The van der Waals surface area contributed by atoms with E-state index in [-0.39, 0.29) is 16.2 Å². The fourth-order valence-electron chi connectivity index (χ4n) is 1.80. The molecule has 2 aromatic rings. The van der Waals surface area contributed by atoms with Crippen molar-refractivity contribution in [1.82, 2.24) is 0 Å². The molecular formula is C15H14O5S. The Balaban J connectivity index is 2.40. The van der Waals surface area contributed by atoms with E-state index in [0.29, 0.717) is 6.42 Å². The Kier molecular flexibility index (Phi) is 4.28. The highest BCUT2D eigenvalue weighted by molar-refractivity contribution is 7.87. The summed E-state index contributed by atoms with van der Waals surface area (Å²) >= 11 is 0. The van der Waals surface area contributed by atoms with Gasteiger partial charge in [-0.2, -0.15) is 8.42 Å². The molecule has 1 N–H and O–H groups in total. The molecule has 0 bridgehead atoms. The van der Waals surface area contributed by atoms with Gasteiger partial charge in [0, 0.05) is 0 Å². The van der Waals surface area contributed by atoms with Gasteiger partial charge in [0.25, 0.3) is 0 Å². The van der Waals surface area contributed by atoms with Crippen LogP contribution in [0.2, 0.25) is 0 Å². The van der Waals surface area contributed by atoms with Crippen molar-refractivity contribution in [3.8, 4) is 5.75 Å². The van der Waals surface area contributed by atoms with Crippen LogP contribution in [0.4, 0.5) is 0 Å². The molecule has 0 saturated heterocycles. The minimum absolute atomic E-state index is 0.00189. The Morgan fingerprint density at radius 3 is 2.52 bits per heavy atom. The Labute approximate surface area is 122 Å². The lowest BCUT2D eigenvalue weighted by atomic mass is 10.2. The van der Waals surface area contributed by atoms with Gasteiger partial charge in [0.1, 0.15) is 10.5 Å². The summed E-state index contributed by atoms with van der Waals surface area (Å²) in [5.41, 5.74) is 0.652. The predicted molar refractivity (Wildman–Crippen MR) is 77.0 cm³/mol. The van der Waals surface area contributed by atoms with Gasteiger partial charge in [-0.1, -0.05) is 31.2 Å². The molecule has 0 saturated carbocycles. The highest BCUT2D eigenvalue weighted by atomic mass is 32.2. The third-order valence-corrected chi connectivity index (χ3v) is 4.14. The van der Waals surface area contributed by atoms with E-state index in [1.54, 1.807) is 6.07 Å². The molecule has 110 valence electrons. The summed E-state index contributed by atoms with van der Waals surface area (Å²) < 4.78 is 29.4. The molecule has 0 atom stereocenters. The molecule has 6 heteroatoms. The maximum atomic E-state index is 12.2. The van der Waals surface area contributed by atoms with Crippen molar-refractivity contribution >= 4 is 16.1 Å². The Bertz CT molecular complexity index is 765. The molecule has 2 aromatic carbocycles. The van der Waals surface area contributed by atoms with Crippen LogP contribution in [0.1, 0.15) is 22.8 Å². The standard InChI is InChI=1S/C15H14O5S/c1-2-11-6-5-7-12(10-11)21(18,19)20-14-9-4-3-8-13(14)15(16)17/h3-10H,2H2,1H3,(H,16,17). The number of aryl methyl sites for hydroxylation is 1. The average Bonchev–Trinajstić information content (AvgIpc) is 2.47. The van der Waals surface area contributed by atoms with Gasteiger partial charge in [0.05, 0.1) is 0 Å². The maximum absolute atomic E-state index is 12.2. The monoisotopic (exact) mass is 306 g/mol. The lowest BCUT2D eigenvalue weighted by Crippen LogP contribution is -2.12. The van der Waals surface area contributed by atoms with Gasteiger partial charge in [0.15, 0.2) is 5.75 Å². The third-order valence-electron chi connectivity index (χ3n) is 2.91. The summed E-state index contributed by atoms with van der Waals surface area (Å²) in [6.07, 6.45) is 0.690. The second-order valence-electron chi connectivity index (χ2n) is 4.34. The van der Waals surface area contributed by atoms with E-state index in [0.717, 1.165) is 5.56 Å². The predicted octanol–water partition coefficient (Wildman–Crippen LogP) is 2.71. The Morgan fingerprint density at radius 1 is 1.14 bits per heavy atom. The van der Waals surface area contributed by atoms with Crippen LogP contribution in [-0.2, 0) is 16.5 Å². The van der Waals surface area contributed by atoms with Gasteiger partial charge in [-0.3, -0.25) is 0 Å². The topological polar surface area (TPSA) is 80.7 Å². The average molecular weight is 306 g/mol. The molecule has 0 unspecified atom stereocenters. The zero-order valence-corrected chi connectivity index (χ0v) is 12.1. The highest BCUT2D eigenvalue weighted by Crippen LogP contribution is 2.23. The molecule has 0 amide bonds. The zero-order chi connectivity index (χ0) is 15.5. The van der Waals surface area contributed by atoms with Gasteiger partial charge < -0.3 is 9.29 Å². The lowest BCUT2D eigenvalue weighted by Gasteiger charge is -2.10. The van der Waals surface area contributed by atoms with Crippen LogP contribution in [0.25, 0.3) is 0 Å². The molecule has 0 aliphatic heterocycles. The van der Waals surface area contributed by atoms with Gasteiger partial charge in [-0.15, -0.1) is 0 Å². The van der Waals surface area contributed by atoms with Crippen molar-refractivity contribution in [3.63, 3.8) is 0 Å². The SMILES string of the molecule is CCc1cccc(S(=O)(=O)Oc2ccccc2C(=O)O)c1. The number of carboxylic acids is 1. The number of hydrogen-bond donors (Lipinski definition) is 1. The third kappa shape index (κ3) is 3.41. The minimum Gasteiger partial charge on any atom is -0.478 e. The first kappa shape index (κ1) is 15.1. The van der Waals surface area contributed by atoms with Crippen LogP contribution < -0.4 is 4.18 Å². The van der Waals surface area contributed by atoms with Gasteiger partial charge in [-0.25, -0.2) is 4.79 Å². The van der Waals surface area contributed by atoms with Crippen molar-refractivity contribution in [2.75, 3.05) is 0 Å². The van der Waals surface area contributed by atoms with E-state index in [9.17, 15) is 13.2 Å². The number of benzene rings is 2. The molecule has 0 aromatic heterocycles.